The van der Waals surface area contributed by atoms with Gasteiger partial charge < -0.3 is 10.1 Å². The Hall–Kier alpha value is -2.91. The Morgan fingerprint density at radius 1 is 1.16 bits per heavy atom. The zero-order valence-electron chi connectivity index (χ0n) is 17.1. The second kappa shape index (κ2) is 9.93. The molecule has 0 spiro atoms. The fourth-order valence-corrected chi connectivity index (χ4v) is 3.80. The number of anilines is 1. The summed E-state index contributed by atoms with van der Waals surface area (Å²) in [5.74, 6) is 0.250. The second-order valence-corrected chi connectivity index (χ2v) is 7.63. The summed E-state index contributed by atoms with van der Waals surface area (Å²) >= 11 is 1.49. The predicted octanol–water partition coefficient (Wildman–Crippen LogP) is 5.30. The standard InChI is InChI=1S/C22H22F3N3O2S/c1-3-28(13-20(29)27-19-7-5-4-6-18(19)22(23,24)25)12-16-14-31-21(26-16)15-8-10-17(30-2)11-9-15/h4-11,14H,3,12-13H2,1-2H3,(H,27,29). The van der Waals surface area contributed by atoms with Crippen LogP contribution in [0.25, 0.3) is 10.6 Å². The summed E-state index contributed by atoms with van der Waals surface area (Å²) in [4.78, 5) is 18.8. The van der Waals surface area contributed by atoms with E-state index in [9.17, 15) is 18.0 Å². The number of para-hydroxylation sites is 1. The highest BCUT2D eigenvalue weighted by Crippen LogP contribution is 2.34. The van der Waals surface area contributed by atoms with Crippen molar-refractivity contribution in [2.45, 2.75) is 19.6 Å². The normalized spacial score (nSPS) is 11.5. The minimum atomic E-state index is -4.53. The Kier molecular flexibility index (Phi) is 7.29. The van der Waals surface area contributed by atoms with Crippen molar-refractivity contribution in [2.24, 2.45) is 0 Å². The van der Waals surface area contributed by atoms with E-state index < -0.39 is 17.6 Å². The Bertz CT molecular complexity index is 1020. The lowest BCUT2D eigenvalue weighted by atomic mass is 10.1. The first kappa shape index (κ1) is 22.8. The van der Waals surface area contributed by atoms with Crippen LogP contribution >= 0.6 is 11.3 Å². The van der Waals surface area contributed by atoms with Crippen molar-refractivity contribution in [1.82, 2.24) is 9.88 Å². The van der Waals surface area contributed by atoms with Gasteiger partial charge in [-0.05, 0) is 42.9 Å². The van der Waals surface area contributed by atoms with Gasteiger partial charge in [-0.1, -0.05) is 19.1 Å². The average Bonchev–Trinajstić information content (AvgIpc) is 3.21. The van der Waals surface area contributed by atoms with E-state index >= 15 is 0 Å². The van der Waals surface area contributed by atoms with Gasteiger partial charge in [-0.15, -0.1) is 11.3 Å². The molecule has 0 saturated heterocycles. The number of amides is 1. The van der Waals surface area contributed by atoms with Crippen LogP contribution in [0.15, 0.2) is 53.9 Å². The smallest absolute Gasteiger partial charge is 0.418 e. The van der Waals surface area contributed by atoms with Gasteiger partial charge in [0, 0.05) is 17.5 Å². The molecular weight excluding hydrogens is 427 g/mol. The fourth-order valence-electron chi connectivity index (χ4n) is 2.99. The van der Waals surface area contributed by atoms with E-state index in [-0.39, 0.29) is 12.2 Å². The van der Waals surface area contributed by atoms with E-state index in [4.69, 9.17) is 4.74 Å². The number of nitrogens with one attached hydrogen (secondary N) is 1. The van der Waals surface area contributed by atoms with Gasteiger partial charge in [0.15, 0.2) is 0 Å². The van der Waals surface area contributed by atoms with Crippen LogP contribution in [0.5, 0.6) is 5.75 Å². The quantitative estimate of drug-likeness (QED) is 0.507. The number of ether oxygens (including phenoxy) is 1. The lowest BCUT2D eigenvalue weighted by molar-refractivity contribution is -0.137. The summed E-state index contributed by atoms with van der Waals surface area (Å²) in [6.07, 6.45) is -4.53. The number of aromatic nitrogens is 1. The summed E-state index contributed by atoms with van der Waals surface area (Å²) < 4.78 is 44.5. The van der Waals surface area contributed by atoms with E-state index in [1.807, 2.05) is 41.5 Å². The molecule has 0 radical (unpaired) electrons. The number of methoxy groups -OCH3 is 1. The van der Waals surface area contributed by atoms with Crippen LogP contribution in [-0.2, 0) is 17.5 Å². The summed E-state index contributed by atoms with van der Waals surface area (Å²) in [5, 5.41) is 5.14. The fraction of sp³-hybridized carbons (Fsp3) is 0.273. The van der Waals surface area contributed by atoms with Gasteiger partial charge in [0.2, 0.25) is 5.91 Å². The van der Waals surface area contributed by atoms with Gasteiger partial charge in [0.1, 0.15) is 10.8 Å². The number of alkyl halides is 3. The van der Waals surface area contributed by atoms with E-state index in [1.165, 1.54) is 29.5 Å². The van der Waals surface area contributed by atoms with Crippen molar-refractivity contribution in [3.63, 3.8) is 0 Å². The Morgan fingerprint density at radius 3 is 2.52 bits per heavy atom. The van der Waals surface area contributed by atoms with E-state index in [0.717, 1.165) is 28.1 Å². The molecule has 1 amide bonds. The number of benzene rings is 2. The molecule has 9 heteroatoms. The summed E-state index contributed by atoms with van der Waals surface area (Å²) in [6, 6.07) is 12.5. The number of nitrogens with zero attached hydrogens (tertiary/aromatic N) is 2. The molecule has 0 aliphatic carbocycles. The van der Waals surface area contributed by atoms with Crippen LogP contribution < -0.4 is 10.1 Å². The van der Waals surface area contributed by atoms with Crippen molar-refractivity contribution in [1.29, 1.82) is 0 Å². The highest BCUT2D eigenvalue weighted by molar-refractivity contribution is 7.13. The highest BCUT2D eigenvalue weighted by Gasteiger charge is 2.33. The predicted molar refractivity (Wildman–Crippen MR) is 115 cm³/mol. The second-order valence-electron chi connectivity index (χ2n) is 6.77. The maximum atomic E-state index is 13.1. The van der Waals surface area contributed by atoms with Crippen molar-refractivity contribution >= 4 is 22.9 Å². The van der Waals surface area contributed by atoms with Crippen molar-refractivity contribution in [3.8, 4) is 16.3 Å². The molecule has 164 valence electrons. The number of thiazole rings is 1. The van der Waals surface area contributed by atoms with Crippen molar-refractivity contribution in [2.75, 3.05) is 25.5 Å². The number of hydrogen-bond acceptors (Lipinski definition) is 5. The molecule has 0 bridgehead atoms. The maximum absolute atomic E-state index is 13.1. The van der Waals surface area contributed by atoms with Gasteiger partial charge >= 0.3 is 6.18 Å². The Balaban J connectivity index is 1.63. The number of halogens is 3. The molecule has 3 aromatic rings. The number of hydrogen-bond donors (Lipinski definition) is 1. The van der Waals surface area contributed by atoms with Gasteiger partial charge in [0.05, 0.1) is 30.6 Å². The van der Waals surface area contributed by atoms with Crippen LogP contribution in [0, 0.1) is 0 Å². The molecule has 0 aliphatic rings. The summed E-state index contributed by atoms with van der Waals surface area (Å²) in [6.45, 7) is 2.80. The summed E-state index contributed by atoms with van der Waals surface area (Å²) in [5.41, 5.74) is 0.643. The molecule has 3 rings (SSSR count). The molecular formula is C22H22F3N3O2S. The minimum Gasteiger partial charge on any atom is -0.497 e. The number of carbonyl (C=O) groups is 1. The van der Waals surface area contributed by atoms with Crippen LogP contribution in [0.4, 0.5) is 18.9 Å². The number of rotatable bonds is 8. The third-order valence-corrected chi connectivity index (χ3v) is 5.54. The van der Waals surface area contributed by atoms with Crippen LogP contribution in [-0.4, -0.2) is 36.0 Å². The minimum absolute atomic E-state index is 0.0436. The molecule has 1 aromatic heterocycles. The number of carbonyl (C=O) groups excluding carboxylic acids is 1. The molecule has 0 unspecified atom stereocenters. The first-order valence-corrected chi connectivity index (χ1v) is 10.5. The van der Waals surface area contributed by atoms with Gasteiger partial charge in [-0.3, -0.25) is 9.69 Å². The van der Waals surface area contributed by atoms with Crippen LogP contribution in [0.2, 0.25) is 0 Å². The zero-order valence-corrected chi connectivity index (χ0v) is 17.9. The van der Waals surface area contributed by atoms with Gasteiger partial charge in [0.25, 0.3) is 0 Å². The Labute approximate surface area is 182 Å². The SMILES string of the molecule is CCN(CC(=O)Nc1ccccc1C(F)(F)F)Cc1csc(-c2ccc(OC)cc2)n1. The zero-order chi connectivity index (χ0) is 22.4. The largest absolute Gasteiger partial charge is 0.497 e. The van der Waals surface area contributed by atoms with Crippen LogP contribution in [0.1, 0.15) is 18.2 Å². The molecule has 0 saturated carbocycles. The third-order valence-electron chi connectivity index (χ3n) is 4.60. The molecule has 0 atom stereocenters. The number of likely N-dealkylation sites (N-methyl/N-ethyl adjacent to an activating group) is 1. The molecule has 0 aliphatic heterocycles. The molecule has 1 N–H and O–H groups in total. The average molecular weight is 449 g/mol. The topological polar surface area (TPSA) is 54.5 Å². The van der Waals surface area contributed by atoms with Crippen molar-refractivity contribution in [3.05, 3.63) is 65.2 Å². The lowest BCUT2D eigenvalue weighted by Gasteiger charge is -2.19. The van der Waals surface area contributed by atoms with Crippen LogP contribution in [0.3, 0.4) is 0 Å². The molecule has 5 nitrogen and oxygen atoms in total. The molecule has 2 aromatic carbocycles. The summed E-state index contributed by atoms with van der Waals surface area (Å²) in [7, 11) is 1.60. The van der Waals surface area contributed by atoms with E-state index in [1.54, 1.807) is 7.11 Å². The first-order valence-electron chi connectivity index (χ1n) is 9.57. The molecule has 0 fully saturated rings. The van der Waals surface area contributed by atoms with Gasteiger partial charge in [-0.25, -0.2) is 4.98 Å². The lowest BCUT2D eigenvalue weighted by Crippen LogP contribution is -2.33. The molecule has 31 heavy (non-hydrogen) atoms. The monoisotopic (exact) mass is 449 g/mol. The maximum Gasteiger partial charge on any atom is 0.418 e. The van der Waals surface area contributed by atoms with Gasteiger partial charge in [-0.2, -0.15) is 13.2 Å². The Morgan fingerprint density at radius 2 is 1.87 bits per heavy atom. The highest BCUT2D eigenvalue weighted by atomic mass is 32.1. The molecule has 1 heterocycles. The third kappa shape index (κ3) is 6.05. The van der Waals surface area contributed by atoms with E-state index in [0.29, 0.717) is 13.1 Å². The van der Waals surface area contributed by atoms with Crippen molar-refractivity contribution < 1.29 is 22.7 Å². The van der Waals surface area contributed by atoms with E-state index in [2.05, 4.69) is 10.3 Å². The first-order chi connectivity index (χ1) is 14.8.